The molecule has 2 heterocycles. The monoisotopic (exact) mass is 354 g/mol. The van der Waals surface area contributed by atoms with E-state index in [1.54, 1.807) is 18.2 Å². The third-order valence-corrected chi connectivity index (χ3v) is 6.33. The van der Waals surface area contributed by atoms with Gasteiger partial charge in [-0.3, -0.25) is 4.79 Å². The summed E-state index contributed by atoms with van der Waals surface area (Å²) in [5.74, 6) is -1.66. The second kappa shape index (κ2) is 6.27. The summed E-state index contributed by atoms with van der Waals surface area (Å²) < 4.78 is 45.8. The summed E-state index contributed by atoms with van der Waals surface area (Å²) in [6.45, 7) is 0.711. The van der Waals surface area contributed by atoms with Crippen LogP contribution >= 0.6 is 0 Å². The molecule has 130 valence electrons. The van der Waals surface area contributed by atoms with E-state index in [4.69, 9.17) is 10.5 Å². The minimum absolute atomic E-state index is 0.0305. The highest BCUT2D eigenvalue weighted by Gasteiger charge is 2.54. The fourth-order valence-electron chi connectivity index (χ4n) is 3.37. The number of hydrogen-bond acceptors (Lipinski definition) is 4. The van der Waals surface area contributed by atoms with Crippen LogP contribution in [0.15, 0.2) is 35.7 Å². The van der Waals surface area contributed by atoms with E-state index in [2.05, 4.69) is 0 Å². The van der Waals surface area contributed by atoms with E-state index in [1.807, 2.05) is 0 Å². The van der Waals surface area contributed by atoms with Gasteiger partial charge in [-0.25, -0.2) is 12.8 Å². The van der Waals surface area contributed by atoms with Crippen molar-refractivity contribution in [2.75, 3.05) is 26.3 Å². The van der Waals surface area contributed by atoms with Crippen molar-refractivity contribution in [3.05, 3.63) is 41.3 Å². The number of fused-ring (bicyclic) bond motifs is 1. The van der Waals surface area contributed by atoms with E-state index in [1.165, 1.54) is 12.1 Å². The Morgan fingerprint density at radius 3 is 2.71 bits per heavy atom. The maximum Gasteiger partial charge on any atom is 0.239 e. The molecular formula is C16H19FN2O4S. The highest BCUT2D eigenvalue weighted by Crippen LogP contribution is 2.43. The zero-order valence-electron chi connectivity index (χ0n) is 13.0. The molecule has 2 fully saturated rings. The van der Waals surface area contributed by atoms with Gasteiger partial charge in [0.1, 0.15) is 5.83 Å². The summed E-state index contributed by atoms with van der Waals surface area (Å²) in [6.07, 6.45) is 0.379. The lowest BCUT2D eigenvalue weighted by Gasteiger charge is -2.35. The van der Waals surface area contributed by atoms with Crippen LogP contribution in [0, 0.1) is 11.3 Å². The molecule has 1 amide bonds. The van der Waals surface area contributed by atoms with Gasteiger partial charge in [-0.2, -0.15) is 4.31 Å². The van der Waals surface area contributed by atoms with Crippen LogP contribution in [0.2, 0.25) is 0 Å². The third kappa shape index (κ3) is 2.97. The van der Waals surface area contributed by atoms with Crippen LogP contribution < -0.4 is 5.73 Å². The van der Waals surface area contributed by atoms with Crippen molar-refractivity contribution in [3.63, 3.8) is 0 Å². The first-order valence-corrected chi connectivity index (χ1v) is 9.16. The molecule has 2 aliphatic heterocycles. The van der Waals surface area contributed by atoms with Crippen LogP contribution in [-0.2, 0) is 19.6 Å². The molecule has 1 aromatic carbocycles. The average molecular weight is 354 g/mol. The number of carbonyl (C=O) groups is 1. The number of carbonyl (C=O) groups excluding carboxylic acids is 1. The van der Waals surface area contributed by atoms with Gasteiger partial charge >= 0.3 is 0 Å². The molecule has 0 unspecified atom stereocenters. The minimum atomic E-state index is -4.00. The zero-order valence-corrected chi connectivity index (χ0v) is 13.8. The van der Waals surface area contributed by atoms with Crippen LogP contribution in [0.5, 0.6) is 0 Å². The molecule has 2 saturated heterocycles. The van der Waals surface area contributed by atoms with E-state index < -0.39 is 27.2 Å². The van der Waals surface area contributed by atoms with Crippen LogP contribution in [0.3, 0.4) is 0 Å². The standard InChI is InChI=1S/C16H19FN2O4S/c17-14(12-4-2-1-3-5-12)10-24(21,22)19-8-13-9-23-7-6-16(13,11-19)15(18)20/h1-5,10,13H,6-9,11H2,(H2,18,20)/b14-10-/t13-,16+/m1/s1. The van der Waals surface area contributed by atoms with Gasteiger partial charge in [0.25, 0.3) is 0 Å². The Hall–Kier alpha value is -1.77. The van der Waals surface area contributed by atoms with Gasteiger partial charge in [0.2, 0.25) is 15.9 Å². The quantitative estimate of drug-likeness (QED) is 0.877. The van der Waals surface area contributed by atoms with Gasteiger partial charge in [-0.15, -0.1) is 0 Å². The van der Waals surface area contributed by atoms with Crippen molar-refractivity contribution in [2.45, 2.75) is 6.42 Å². The van der Waals surface area contributed by atoms with E-state index in [-0.39, 0.29) is 31.2 Å². The first kappa shape index (κ1) is 17.1. The molecule has 8 heteroatoms. The lowest BCUT2D eigenvalue weighted by Crippen LogP contribution is -2.48. The summed E-state index contributed by atoms with van der Waals surface area (Å²) in [7, 11) is -4.00. The van der Waals surface area contributed by atoms with E-state index >= 15 is 0 Å². The number of hydrogen-bond donors (Lipinski definition) is 1. The third-order valence-electron chi connectivity index (χ3n) is 4.83. The Labute approximate surface area is 140 Å². The van der Waals surface area contributed by atoms with Crippen molar-refractivity contribution >= 4 is 21.8 Å². The Bertz CT molecular complexity index is 766. The summed E-state index contributed by atoms with van der Waals surface area (Å²) in [5.41, 5.74) is 4.79. The number of ether oxygens (including phenoxy) is 1. The minimum Gasteiger partial charge on any atom is -0.381 e. The summed E-state index contributed by atoms with van der Waals surface area (Å²) in [5, 5.41) is 0.606. The van der Waals surface area contributed by atoms with Crippen LogP contribution in [-0.4, -0.2) is 44.9 Å². The maximum absolute atomic E-state index is 14.2. The Morgan fingerprint density at radius 1 is 1.38 bits per heavy atom. The first-order chi connectivity index (χ1) is 11.3. The van der Waals surface area contributed by atoms with Crippen molar-refractivity contribution in [2.24, 2.45) is 17.1 Å². The summed E-state index contributed by atoms with van der Waals surface area (Å²) >= 11 is 0. The summed E-state index contributed by atoms with van der Waals surface area (Å²) in [6, 6.07) is 7.94. The van der Waals surface area contributed by atoms with Gasteiger partial charge < -0.3 is 10.5 Å². The normalized spacial score (nSPS) is 28.5. The Balaban J connectivity index is 1.87. The highest BCUT2D eigenvalue weighted by atomic mass is 32.2. The molecule has 0 bridgehead atoms. The molecule has 24 heavy (non-hydrogen) atoms. The van der Waals surface area contributed by atoms with Crippen molar-refractivity contribution in [3.8, 4) is 0 Å². The molecule has 6 nitrogen and oxygen atoms in total. The van der Waals surface area contributed by atoms with Gasteiger partial charge in [-0.1, -0.05) is 30.3 Å². The number of amides is 1. The van der Waals surface area contributed by atoms with Gasteiger partial charge in [0.05, 0.1) is 17.4 Å². The van der Waals surface area contributed by atoms with Crippen molar-refractivity contribution in [1.82, 2.24) is 4.31 Å². The van der Waals surface area contributed by atoms with Crippen molar-refractivity contribution < 1.29 is 22.3 Å². The van der Waals surface area contributed by atoms with Crippen LogP contribution in [0.25, 0.3) is 5.83 Å². The average Bonchev–Trinajstić information content (AvgIpc) is 2.97. The predicted molar refractivity (Wildman–Crippen MR) is 86.6 cm³/mol. The molecule has 0 aromatic heterocycles. The lowest BCUT2D eigenvalue weighted by molar-refractivity contribution is -0.135. The number of rotatable bonds is 4. The molecule has 2 aliphatic rings. The molecule has 0 aliphatic carbocycles. The van der Waals surface area contributed by atoms with Gasteiger partial charge in [0.15, 0.2) is 0 Å². The number of nitrogens with zero attached hydrogens (tertiary/aromatic N) is 1. The van der Waals surface area contributed by atoms with Gasteiger partial charge in [0, 0.05) is 31.2 Å². The molecule has 0 radical (unpaired) electrons. The van der Waals surface area contributed by atoms with E-state index in [0.717, 1.165) is 4.31 Å². The fourth-order valence-corrected chi connectivity index (χ4v) is 4.72. The molecule has 2 N–H and O–H groups in total. The summed E-state index contributed by atoms with van der Waals surface area (Å²) in [4.78, 5) is 11.9. The number of primary amides is 1. The largest absolute Gasteiger partial charge is 0.381 e. The predicted octanol–water partition coefficient (Wildman–Crippen LogP) is 1.11. The highest BCUT2D eigenvalue weighted by molar-refractivity contribution is 7.92. The topological polar surface area (TPSA) is 89.7 Å². The fraction of sp³-hybridized carbons (Fsp3) is 0.438. The number of benzene rings is 1. The second-order valence-corrected chi connectivity index (χ2v) is 7.99. The SMILES string of the molecule is NC(=O)[C@]12CCOC[C@H]1CN(S(=O)(=O)/C=C(\F)c1ccccc1)C2. The molecule has 3 rings (SSSR count). The molecule has 0 saturated carbocycles. The van der Waals surface area contributed by atoms with Crippen LogP contribution in [0.1, 0.15) is 12.0 Å². The van der Waals surface area contributed by atoms with Crippen molar-refractivity contribution in [1.29, 1.82) is 0 Å². The first-order valence-electron chi connectivity index (χ1n) is 7.65. The molecule has 0 spiro atoms. The number of halogens is 1. The van der Waals surface area contributed by atoms with Gasteiger partial charge in [-0.05, 0) is 6.42 Å². The number of sulfonamides is 1. The molecule has 1 aromatic rings. The smallest absolute Gasteiger partial charge is 0.239 e. The lowest BCUT2D eigenvalue weighted by atomic mass is 9.74. The molecular weight excluding hydrogens is 335 g/mol. The van der Waals surface area contributed by atoms with E-state index in [9.17, 15) is 17.6 Å². The number of nitrogens with two attached hydrogens (primary N) is 1. The van der Waals surface area contributed by atoms with Crippen LogP contribution in [0.4, 0.5) is 4.39 Å². The Morgan fingerprint density at radius 2 is 2.08 bits per heavy atom. The van der Waals surface area contributed by atoms with E-state index in [0.29, 0.717) is 18.4 Å². The Kier molecular flexibility index (Phi) is 4.46. The second-order valence-electron chi connectivity index (χ2n) is 6.21. The molecule has 2 atom stereocenters. The maximum atomic E-state index is 14.2. The zero-order chi connectivity index (χ0) is 17.4.